The molecule has 0 heterocycles. The lowest BCUT2D eigenvalue weighted by molar-refractivity contribution is 0.117. The molecular weight excluding hydrogens is 160 g/mol. The quantitative estimate of drug-likeness (QED) is 0.661. The van der Waals surface area contributed by atoms with Gasteiger partial charge in [-0.2, -0.15) is 0 Å². The Hall–Kier alpha value is -0.300. The van der Waals surface area contributed by atoms with Gasteiger partial charge in [-0.3, -0.25) is 0 Å². The van der Waals surface area contributed by atoms with Gasteiger partial charge in [0.1, 0.15) is 0 Å². The summed E-state index contributed by atoms with van der Waals surface area (Å²) in [5.41, 5.74) is 0. The summed E-state index contributed by atoms with van der Waals surface area (Å²) in [6.45, 7) is 15.7. The van der Waals surface area contributed by atoms with Gasteiger partial charge in [-0.05, 0) is 12.3 Å². The highest BCUT2D eigenvalue weighted by atomic mass is 16.3. The van der Waals surface area contributed by atoms with E-state index in [1.807, 2.05) is 34.6 Å². The smallest absolute Gasteiger partial charge is 0.0599 e. The number of aliphatic hydroxyl groups is 1. The maximum absolute atomic E-state index is 9.25. The van der Waals surface area contributed by atoms with Crippen LogP contribution in [0.3, 0.4) is 0 Å². The molecule has 0 radical (unpaired) electrons. The Morgan fingerprint density at radius 3 is 1.85 bits per heavy atom. The maximum atomic E-state index is 9.25. The highest BCUT2D eigenvalue weighted by Crippen LogP contribution is 2.10. The van der Waals surface area contributed by atoms with E-state index in [1.54, 1.807) is 6.08 Å². The number of aliphatic hydroxyl groups excluding tert-OH is 1. The van der Waals surface area contributed by atoms with Crippen molar-refractivity contribution in [2.45, 2.75) is 60.5 Å². The van der Waals surface area contributed by atoms with Crippen molar-refractivity contribution in [2.75, 3.05) is 0 Å². The molecule has 0 spiro atoms. The van der Waals surface area contributed by atoms with E-state index in [2.05, 4.69) is 13.5 Å². The van der Waals surface area contributed by atoms with E-state index in [1.165, 1.54) is 0 Å². The first kappa shape index (κ1) is 18.5. The van der Waals surface area contributed by atoms with Gasteiger partial charge in [-0.25, -0.2) is 0 Å². The van der Waals surface area contributed by atoms with Crippen LogP contribution in [0, 0.1) is 5.92 Å². The summed E-state index contributed by atoms with van der Waals surface area (Å²) >= 11 is 0. The third-order valence-electron chi connectivity index (χ3n) is 1.71. The molecule has 1 N–H and O–H groups in total. The molecule has 0 aliphatic rings. The predicted molar refractivity (Wildman–Crippen MR) is 63.0 cm³/mol. The van der Waals surface area contributed by atoms with Crippen molar-refractivity contribution in [1.82, 2.24) is 0 Å². The molecule has 0 rings (SSSR count). The molecule has 1 nitrogen and oxygen atoms in total. The van der Waals surface area contributed by atoms with Crippen LogP contribution in [0.1, 0.15) is 54.4 Å². The third-order valence-corrected chi connectivity index (χ3v) is 1.71. The third kappa shape index (κ3) is 14.5. The van der Waals surface area contributed by atoms with E-state index < -0.39 is 0 Å². The Morgan fingerprint density at radius 1 is 1.23 bits per heavy atom. The van der Waals surface area contributed by atoms with E-state index >= 15 is 0 Å². The van der Waals surface area contributed by atoms with Crippen molar-refractivity contribution in [2.24, 2.45) is 5.92 Å². The summed E-state index contributed by atoms with van der Waals surface area (Å²) in [4.78, 5) is 0. The summed E-state index contributed by atoms with van der Waals surface area (Å²) < 4.78 is 0. The monoisotopic (exact) mass is 188 g/mol. The van der Waals surface area contributed by atoms with E-state index in [0.717, 1.165) is 12.8 Å². The lowest BCUT2D eigenvalue weighted by atomic mass is 10.00. The average molecular weight is 188 g/mol. The minimum Gasteiger partial charge on any atom is -0.393 e. The second-order valence-corrected chi connectivity index (χ2v) is 2.48. The maximum Gasteiger partial charge on any atom is 0.0599 e. The summed E-state index contributed by atoms with van der Waals surface area (Å²) in [5.74, 6) is 0.406. The standard InChI is InChI=1S/C8H16O.2C2H6/c1-4-6-8(9)7(3)5-2;2*1-2/h4,7-9H,1,5-6H2,2-3H3;2*1-2H3. The van der Waals surface area contributed by atoms with Crippen LogP contribution in [-0.4, -0.2) is 11.2 Å². The van der Waals surface area contributed by atoms with Crippen molar-refractivity contribution >= 4 is 0 Å². The van der Waals surface area contributed by atoms with Crippen LogP contribution in [-0.2, 0) is 0 Å². The van der Waals surface area contributed by atoms with Gasteiger partial charge in [0.25, 0.3) is 0 Å². The molecule has 0 aromatic rings. The topological polar surface area (TPSA) is 20.2 Å². The molecule has 82 valence electrons. The van der Waals surface area contributed by atoms with Gasteiger partial charge in [-0.15, -0.1) is 6.58 Å². The Kier molecular flexibility index (Phi) is 25.2. The highest BCUT2D eigenvalue weighted by Gasteiger charge is 2.08. The van der Waals surface area contributed by atoms with Crippen LogP contribution in [0.25, 0.3) is 0 Å². The first-order chi connectivity index (χ1) is 6.22. The van der Waals surface area contributed by atoms with E-state index in [-0.39, 0.29) is 6.10 Å². The van der Waals surface area contributed by atoms with Gasteiger partial charge in [-0.1, -0.05) is 54.0 Å². The van der Waals surface area contributed by atoms with Gasteiger partial charge < -0.3 is 5.11 Å². The summed E-state index contributed by atoms with van der Waals surface area (Å²) in [7, 11) is 0. The zero-order valence-corrected chi connectivity index (χ0v) is 10.3. The summed E-state index contributed by atoms with van der Waals surface area (Å²) in [6, 6.07) is 0. The molecule has 0 aromatic carbocycles. The predicted octanol–water partition coefficient (Wildman–Crippen LogP) is 4.02. The molecule has 0 aliphatic heterocycles. The van der Waals surface area contributed by atoms with Gasteiger partial charge in [0.2, 0.25) is 0 Å². The normalized spacial score (nSPS) is 12.5. The Bertz CT molecular complexity index is 79.2. The molecule has 2 unspecified atom stereocenters. The molecule has 0 saturated heterocycles. The second-order valence-electron chi connectivity index (χ2n) is 2.48. The van der Waals surface area contributed by atoms with Crippen molar-refractivity contribution in [3.8, 4) is 0 Å². The SMILES string of the molecule is C=CCC(O)C(C)CC.CC.CC. The average Bonchev–Trinajstić information content (AvgIpc) is 2.23. The molecule has 13 heavy (non-hydrogen) atoms. The summed E-state index contributed by atoms with van der Waals surface area (Å²) in [5, 5.41) is 9.25. The minimum atomic E-state index is -0.188. The molecular formula is C12H28O. The van der Waals surface area contributed by atoms with Crippen LogP contribution >= 0.6 is 0 Å². The molecule has 0 aromatic heterocycles. The molecule has 0 fully saturated rings. The van der Waals surface area contributed by atoms with Gasteiger partial charge in [0.05, 0.1) is 6.10 Å². The number of hydrogen-bond donors (Lipinski definition) is 1. The van der Waals surface area contributed by atoms with Crippen LogP contribution in [0.4, 0.5) is 0 Å². The van der Waals surface area contributed by atoms with Crippen LogP contribution in [0.15, 0.2) is 12.7 Å². The molecule has 0 bridgehead atoms. The molecule has 1 heteroatoms. The van der Waals surface area contributed by atoms with Crippen molar-refractivity contribution in [1.29, 1.82) is 0 Å². The number of hydrogen-bond acceptors (Lipinski definition) is 1. The zero-order valence-electron chi connectivity index (χ0n) is 10.3. The lowest BCUT2D eigenvalue weighted by Crippen LogP contribution is -2.15. The van der Waals surface area contributed by atoms with Gasteiger partial charge in [0, 0.05) is 0 Å². The summed E-state index contributed by atoms with van der Waals surface area (Å²) in [6.07, 6.45) is 3.33. The fraction of sp³-hybridized carbons (Fsp3) is 0.833. The van der Waals surface area contributed by atoms with Crippen LogP contribution in [0.2, 0.25) is 0 Å². The van der Waals surface area contributed by atoms with Gasteiger partial charge in [0.15, 0.2) is 0 Å². The van der Waals surface area contributed by atoms with Crippen molar-refractivity contribution in [3.63, 3.8) is 0 Å². The molecule has 0 amide bonds. The Morgan fingerprint density at radius 2 is 1.62 bits per heavy atom. The molecule has 0 aliphatic carbocycles. The van der Waals surface area contributed by atoms with Crippen molar-refractivity contribution < 1.29 is 5.11 Å². The van der Waals surface area contributed by atoms with E-state index in [0.29, 0.717) is 5.92 Å². The lowest BCUT2D eigenvalue weighted by Gasteiger charge is -2.14. The molecule has 0 saturated carbocycles. The first-order valence-corrected chi connectivity index (χ1v) is 5.51. The minimum absolute atomic E-state index is 0.188. The first-order valence-electron chi connectivity index (χ1n) is 5.51. The molecule has 2 atom stereocenters. The zero-order chi connectivity index (χ0) is 11.3. The fourth-order valence-electron chi connectivity index (χ4n) is 0.675. The number of rotatable bonds is 4. The van der Waals surface area contributed by atoms with E-state index in [4.69, 9.17) is 0 Å². The largest absolute Gasteiger partial charge is 0.393 e. The van der Waals surface area contributed by atoms with E-state index in [9.17, 15) is 5.11 Å². The van der Waals surface area contributed by atoms with Gasteiger partial charge >= 0.3 is 0 Å². The highest BCUT2D eigenvalue weighted by molar-refractivity contribution is 4.74. The van der Waals surface area contributed by atoms with Crippen LogP contribution in [0.5, 0.6) is 0 Å². The Balaban J connectivity index is -0.000000218. The van der Waals surface area contributed by atoms with Crippen LogP contribution < -0.4 is 0 Å². The fourth-order valence-corrected chi connectivity index (χ4v) is 0.675. The van der Waals surface area contributed by atoms with Crippen molar-refractivity contribution in [3.05, 3.63) is 12.7 Å². The second kappa shape index (κ2) is 17.7. The Labute approximate surface area is 84.9 Å².